The summed E-state index contributed by atoms with van der Waals surface area (Å²) in [6.07, 6.45) is 0. The Bertz CT molecular complexity index is 195. The fourth-order valence-corrected chi connectivity index (χ4v) is 2.02. The SMILES string of the molecule is CC1CN(S(=O)(=O)Cl)C1. The second-order valence-electron chi connectivity index (χ2n) is 2.36. The zero-order valence-corrected chi connectivity index (χ0v) is 6.61. The van der Waals surface area contributed by atoms with E-state index in [2.05, 4.69) is 0 Å². The highest BCUT2D eigenvalue weighted by Crippen LogP contribution is 2.20. The van der Waals surface area contributed by atoms with Crippen molar-refractivity contribution in [2.24, 2.45) is 5.92 Å². The third-order valence-corrected chi connectivity index (χ3v) is 2.84. The summed E-state index contributed by atoms with van der Waals surface area (Å²) in [5, 5.41) is 0. The first-order chi connectivity index (χ1) is 4.00. The average Bonchev–Trinajstić information content (AvgIpc) is 1.55. The molecule has 0 N–H and O–H groups in total. The lowest BCUT2D eigenvalue weighted by Crippen LogP contribution is -2.46. The van der Waals surface area contributed by atoms with E-state index < -0.39 is 9.24 Å². The van der Waals surface area contributed by atoms with Crippen LogP contribution in [0.5, 0.6) is 0 Å². The molecule has 3 nitrogen and oxygen atoms in total. The Labute approximate surface area is 59.2 Å². The van der Waals surface area contributed by atoms with Gasteiger partial charge >= 0.3 is 0 Å². The van der Waals surface area contributed by atoms with Gasteiger partial charge in [-0.05, 0) is 5.92 Å². The minimum Gasteiger partial charge on any atom is -0.195 e. The van der Waals surface area contributed by atoms with Gasteiger partial charge in [-0.3, -0.25) is 0 Å². The van der Waals surface area contributed by atoms with Crippen LogP contribution in [0, 0.1) is 5.92 Å². The first-order valence-electron chi connectivity index (χ1n) is 2.70. The maximum absolute atomic E-state index is 10.5. The molecule has 1 fully saturated rings. The van der Waals surface area contributed by atoms with Crippen molar-refractivity contribution in [2.45, 2.75) is 6.92 Å². The zero-order chi connectivity index (χ0) is 7.07. The van der Waals surface area contributed by atoms with Gasteiger partial charge in [0.2, 0.25) is 0 Å². The first-order valence-corrected chi connectivity index (χ1v) is 4.96. The van der Waals surface area contributed by atoms with E-state index >= 15 is 0 Å². The second-order valence-corrected chi connectivity index (χ2v) is 4.87. The maximum Gasteiger partial charge on any atom is 0.299 e. The molecule has 0 atom stereocenters. The van der Waals surface area contributed by atoms with Crippen LogP contribution in [0.1, 0.15) is 6.92 Å². The average molecular weight is 170 g/mol. The lowest BCUT2D eigenvalue weighted by Gasteiger charge is -2.33. The molecule has 1 rings (SSSR count). The highest BCUT2D eigenvalue weighted by Gasteiger charge is 2.31. The lowest BCUT2D eigenvalue weighted by molar-refractivity contribution is 0.222. The van der Waals surface area contributed by atoms with Gasteiger partial charge in [0.15, 0.2) is 0 Å². The summed E-state index contributed by atoms with van der Waals surface area (Å²) in [6.45, 7) is 3.14. The topological polar surface area (TPSA) is 37.4 Å². The Morgan fingerprint density at radius 2 is 2.00 bits per heavy atom. The number of halogens is 1. The second kappa shape index (κ2) is 2.11. The summed E-state index contributed by atoms with van der Waals surface area (Å²) in [4.78, 5) is 0. The minimum absolute atomic E-state index is 0.471. The van der Waals surface area contributed by atoms with Crippen LogP contribution in [0.15, 0.2) is 0 Å². The smallest absolute Gasteiger partial charge is 0.195 e. The van der Waals surface area contributed by atoms with E-state index in [1.807, 2.05) is 6.92 Å². The van der Waals surface area contributed by atoms with E-state index in [0.29, 0.717) is 19.0 Å². The zero-order valence-electron chi connectivity index (χ0n) is 5.04. The number of hydrogen-bond donors (Lipinski definition) is 0. The molecular weight excluding hydrogens is 162 g/mol. The maximum atomic E-state index is 10.5. The molecule has 0 radical (unpaired) electrons. The van der Waals surface area contributed by atoms with Crippen molar-refractivity contribution < 1.29 is 8.42 Å². The van der Waals surface area contributed by atoms with Crippen LogP contribution in [0.4, 0.5) is 0 Å². The molecule has 0 aliphatic carbocycles. The molecule has 0 saturated carbocycles. The van der Waals surface area contributed by atoms with E-state index in [0.717, 1.165) is 0 Å². The molecule has 0 spiro atoms. The van der Waals surface area contributed by atoms with E-state index in [-0.39, 0.29) is 0 Å². The van der Waals surface area contributed by atoms with Crippen molar-refractivity contribution >= 4 is 19.9 Å². The Morgan fingerprint density at radius 3 is 2.11 bits per heavy atom. The quantitative estimate of drug-likeness (QED) is 0.534. The van der Waals surface area contributed by atoms with Crippen LogP contribution < -0.4 is 0 Å². The summed E-state index contributed by atoms with van der Waals surface area (Å²) in [7, 11) is 1.61. The van der Waals surface area contributed by atoms with Crippen molar-refractivity contribution in [3.05, 3.63) is 0 Å². The summed E-state index contributed by atoms with van der Waals surface area (Å²) in [5.41, 5.74) is 0. The van der Waals surface area contributed by atoms with Crippen molar-refractivity contribution in [1.82, 2.24) is 4.31 Å². The van der Waals surface area contributed by atoms with Crippen molar-refractivity contribution in [3.8, 4) is 0 Å². The van der Waals surface area contributed by atoms with Crippen molar-refractivity contribution in [1.29, 1.82) is 0 Å². The molecule has 0 aromatic rings. The summed E-state index contributed by atoms with van der Waals surface area (Å²) < 4.78 is 22.2. The molecule has 1 heterocycles. The van der Waals surface area contributed by atoms with Gasteiger partial charge in [0.1, 0.15) is 0 Å². The monoisotopic (exact) mass is 169 g/mol. The number of nitrogens with zero attached hydrogens (tertiary/aromatic N) is 1. The first kappa shape index (κ1) is 7.31. The third-order valence-electron chi connectivity index (χ3n) is 1.34. The van der Waals surface area contributed by atoms with Crippen LogP contribution in [0.3, 0.4) is 0 Å². The van der Waals surface area contributed by atoms with Gasteiger partial charge in [-0.25, -0.2) is 0 Å². The minimum atomic E-state index is -3.39. The highest BCUT2D eigenvalue weighted by molar-refractivity contribution is 8.11. The fraction of sp³-hybridized carbons (Fsp3) is 1.00. The number of hydrogen-bond acceptors (Lipinski definition) is 2. The van der Waals surface area contributed by atoms with E-state index in [1.54, 1.807) is 0 Å². The van der Waals surface area contributed by atoms with E-state index in [1.165, 1.54) is 4.31 Å². The van der Waals surface area contributed by atoms with Crippen LogP contribution >= 0.6 is 10.7 Å². The Kier molecular flexibility index (Phi) is 1.71. The predicted octanol–water partition coefficient (Wildman–Crippen LogP) is 0.422. The van der Waals surface area contributed by atoms with Crippen LogP contribution in [0.2, 0.25) is 0 Å². The van der Waals surface area contributed by atoms with Gasteiger partial charge in [-0.1, -0.05) is 6.92 Å². The van der Waals surface area contributed by atoms with Gasteiger partial charge in [-0.15, -0.1) is 0 Å². The van der Waals surface area contributed by atoms with Gasteiger partial charge in [0.05, 0.1) is 0 Å². The summed E-state index contributed by atoms with van der Waals surface area (Å²) in [6, 6.07) is 0. The molecular formula is C4H8ClNO2S. The molecule has 0 unspecified atom stereocenters. The van der Waals surface area contributed by atoms with Gasteiger partial charge in [-0.2, -0.15) is 12.7 Å². The third kappa shape index (κ3) is 1.56. The van der Waals surface area contributed by atoms with Gasteiger partial charge in [0.25, 0.3) is 9.24 Å². The molecule has 1 aliphatic rings. The van der Waals surface area contributed by atoms with E-state index in [4.69, 9.17) is 10.7 Å². The molecule has 0 bridgehead atoms. The van der Waals surface area contributed by atoms with Crippen LogP contribution in [0.25, 0.3) is 0 Å². The molecule has 0 amide bonds. The molecule has 0 aromatic heterocycles. The van der Waals surface area contributed by atoms with Crippen LogP contribution in [-0.2, 0) is 9.24 Å². The fourth-order valence-electron chi connectivity index (χ4n) is 0.820. The molecule has 54 valence electrons. The molecule has 1 aliphatic heterocycles. The molecule has 9 heavy (non-hydrogen) atoms. The predicted molar refractivity (Wildman–Crippen MR) is 35.5 cm³/mol. The molecule has 1 saturated heterocycles. The van der Waals surface area contributed by atoms with Crippen molar-refractivity contribution in [3.63, 3.8) is 0 Å². The summed E-state index contributed by atoms with van der Waals surface area (Å²) >= 11 is 0. The summed E-state index contributed by atoms with van der Waals surface area (Å²) in [5.74, 6) is 0.471. The van der Waals surface area contributed by atoms with E-state index in [9.17, 15) is 8.42 Å². The molecule has 0 aromatic carbocycles. The van der Waals surface area contributed by atoms with Gasteiger partial charge in [0, 0.05) is 23.8 Å². The lowest BCUT2D eigenvalue weighted by atomic mass is 10.1. The largest absolute Gasteiger partial charge is 0.299 e. The number of rotatable bonds is 1. The Balaban J connectivity index is 2.51. The Hall–Kier alpha value is 0.200. The molecule has 5 heteroatoms. The normalized spacial score (nSPS) is 23.8. The Morgan fingerprint density at radius 1 is 1.56 bits per heavy atom. The van der Waals surface area contributed by atoms with Gasteiger partial charge < -0.3 is 0 Å². The van der Waals surface area contributed by atoms with Crippen LogP contribution in [-0.4, -0.2) is 25.8 Å². The highest BCUT2D eigenvalue weighted by atomic mass is 35.7. The standard InChI is InChI=1S/C4H8ClNO2S/c1-4-2-6(3-4)9(5,7)8/h4H,2-3H2,1H3. The van der Waals surface area contributed by atoms with Crippen molar-refractivity contribution in [2.75, 3.05) is 13.1 Å².